The van der Waals surface area contributed by atoms with Crippen molar-refractivity contribution in [2.24, 2.45) is 5.41 Å². The van der Waals surface area contributed by atoms with Gasteiger partial charge in [0, 0.05) is 22.3 Å². The van der Waals surface area contributed by atoms with Crippen LogP contribution < -0.4 is 0 Å². The van der Waals surface area contributed by atoms with Crippen molar-refractivity contribution in [3.05, 3.63) is 45.5 Å². The maximum atomic E-state index is 12.1. The summed E-state index contributed by atoms with van der Waals surface area (Å²) in [5, 5.41) is 23.9. The molecule has 0 aliphatic rings. The molecule has 0 aliphatic carbocycles. The first-order chi connectivity index (χ1) is 15.8. The molecule has 0 bridgehead atoms. The van der Waals surface area contributed by atoms with Gasteiger partial charge >= 0.3 is 0 Å². The second kappa shape index (κ2) is 9.10. The van der Waals surface area contributed by atoms with E-state index < -0.39 is 0 Å². The number of phenols is 2. The molecule has 0 amide bonds. The first-order valence-electron chi connectivity index (χ1n) is 13.6. The predicted octanol–water partition coefficient (Wildman–Crippen LogP) is 9.99. The van der Waals surface area contributed by atoms with Crippen molar-refractivity contribution in [3.8, 4) is 22.6 Å². The van der Waals surface area contributed by atoms with Crippen molar-refractivity contribution in [1.29, 1.82) is 0 Å². The Morgan fingerprint density at radius 3 is 1.11 bits per heavy atom. The zero-order chi connectivity index (χ0) is 28.4. The molecular weight excluding hydrogens is 440 g/mol. The predicted molar refractivity (Wildman–Crippen MR) is 158 cm³/mol. The Labute approximate surface area is 222 Å². The Morgan fingerprint density at radius 1 is 0.500 bits per heavy atom. The lowest BCUT2D eigenvalue weighted by Gasteiger charge is -2.37. The third kappa shape index (κ3) is 5.95. The van der Waals surface area contributed by atoms with Gasteiger partial charge < -0.3 is 10.2 Å². The number of hydrogen-bond acceptors (Lipinski definition) is 2. The van der Waals surface area contributed by atoms with Gasteiger partial charge in [0.15, 0.2) is 0 Å². The normalized spacial score (nSPS) is 13.9. The van der Waals surface area contributed by atoms with E-state index in [0.717, 1.165) is 39.8 Å². The molecule has 0 atom stereocenters. The molecule has 2 N–H and O–H groups in total. The van der Waals surface area contributed by atoms with Crippen LogP contribution in [0.4, 0.5) is 0 Å². The van der Waals surface area contributed by atoms with Gasteiger partial charge in [-0.15, -0.1) is 0 Å². The van der Waals surface area contributed by atoms with E-state index >= 15 is 0 Å². The molecular formula is C34H54O2. The number of rotatable bonds is 3. The molecule has 0 fully saturated rings. The highest BCUT2D eigenvalue weighted by atomic mass is 16.3. The van der Waals surface area contributed by atoms with Crippen LogP contribution >= 0.6 is 0 Å². The maximum Gasteiger partial charge on any atom is 0.127 e. The second-order valence-electron chi connectivity index (χ2n) is 16.0. The molecule has 0 saturated heterocycles. The molecule has 2 aromatic rings. The topological polar surface area (TPSA) is 40.5 Å². The molecule has 2 heteroatoms. The molecule has 2 rings (SSSR count). The van der Waals surface area contributed by atoms with E-state index in [9.17, 15) is 10.2 Å². The molecule has 0 spiro atoms. The second-order valence-corrected chi connectivity index (χ2v) is 16.0. The largest absolute Gasteiger partial charge is 0.507 e. The van der Waals surface area contributed by atoms with Crippen LogP contribution in [0, 0.1) is 19.3 Å². The van der Waals surface area contributed by atoms with E-state index in [-0.39, 0.29) is 32.8 Å². The minimum Gasteiger partial charge on any atom is -0.507 e. The highest BCUT2D eigenvalue weighted by Gasteiger charge is 2.36. The Morgan fingerprint density at radius 2 is 0.806 bits per heavy atom. The van der Waals surface area contributed by atoms with E-state index in [1.165, 1.54) is 11.1 Å². The van der Waals surface area contributed by atoms with Gasteiger partial charge in [-0.05, 0) is 69.6 Å². The van der Waals surface area contributed by atoms with Crippen LogP contribution in [0.25, 0.3) is 11.1 Å². The molecule has 0 saturated carbocycles. The van der Waals surface area contributed by atoms with Gasteiger partial charge in [-0.2, -0.15) is 0 Å². The van der Waals surface area contributed by atoms with E-state index in [4.69, 9.17) is 0 Å². The SMILES string of the molecule is Cc1c(C(C)(C)C)cc(C(C)(C)C)c(O)c1-c1c(C)c(C(C)(C)C)cc(C(C)(C)CC(C)(C)C)c1O. The number of benzene rings is 2. The fraction of sp³-hybridized carbons (Fsp3) is 0.647. The monoisotopic (exact) mass is 494 g/mol. The summed E-state index contributed by atoms with van der Waals surface area (Å²) in [6.45, 7) is 35.2. The summed E-state index contributed by atoms with van der Waals surface area (Å²) in [4.78, 5) is 0. The van der Waals surface area contributed by atoms with Gasteiger partial charge in [0.2, 0.25) is 0 Å². The molecule has 0 unspecified atom stereocenters. The standard InChI is InChI=1S/C34H54O2/c1-20-22(31(6,7)8)17-24(33(12,13)14)28(35)26(20)27-21(2)23(32(9,10)11)18-25(29(27)36)34(15,16)19-30(3,4)5/h17-18,35-36H,19H2,1-16H3. The van der Waals surface area contributed by atoms with Crippen LogP contribution in [-0.2, 0) is 21.7 Å². The van der Waals surface area contributed by atoms with Crippen LogP contribution in [0.15, 0.2) is 12.1 Å². The molecule has 0 radical (unpaired) electrons. The molecule has 2 aromatic carbocycles. The van der Waals surface area contributed by atoms with Crippen LogP contribution in [0.5, 0.6) is 11.5 Å². The van der Waals surface area contributed by atoms with Crippen LogP contribution in [-0.4, -0.2) is 10.2 Å². The fourth-order valence-electron chi connectivity index (χ4n) is 6.21. The summed E-state index contributed by atoms with van der Waals surface area (Å²) >= 11 is 0. The molecule has 2 nitrogen and oxygen atoms in total. The van der Waals surface area contributed by atoms with Gasteiger partial charge in [0.05, 0.1) is 0 Å². The molecule has 0 aliphatic heterocycles. The zero-order valence-corrected chi connectivity index (χ0v) is 26.3. The van der Waals surface area contributed by atoms with Crippen molar-refractivity contribution in [3.63, 3.8) is 0 Å². The number of phenolic OH excluding ortho intramolecular Hbond substituents is 2. The summed E-state index contributed by atoms with van der Waals surface area (Å²) in [7, 11) is 0. The Bertz CT molecular complexity index is 1100. The molecule has 0 aromatic heterocycles. The lowest BCUT2D eigenvalue weighted by atomic mass is 9.68. The number of hydrogen-bond donors (Lipinski definition) is 2. The van der Waals surface area contributed by atoms with Crippen LogP contribution in [0.1, 0.15) is 137 Å². The minimum atomic E-state index is -0.247. The van der Waals surface area contributed by atoms with Gasteiger partial charge in [-0.3, -0.25) is 0 Å². The Balaban J connectivity index is 3.21. The quantitative estimate of drug-likeness (QED) is 0.445. The highest BCUT2D eigenvalue weighted by molar-refractivity contribution is 5.85. The first kappa shape index (κ1) is 30.3. The number of aromatic hydroxyl groups is 2. The van der Waals surface area contributed by atoms with Crippen LogP contribution in [0.2, 0.25) is 0 Å². The maximum absolute atomic E-state index is 12.1. The average Bonchev–Trinajstić information content (AvgIpc) is 2.58. The summed E-state index contributed by atoms with van der Waals surface area (Å²) in [6, 6.07) is 4.41. The van der Waals surface area contributed by atoms with E-state index in [0.29, 0.717) is 5.75 Å². The zero-order valence-electron chi connectivity index (χ0n) is 26.3. The van der Waals surface area contributed by atoms with E-state index in [2.05, 4.69) is 123 Å². The van der Waals surface area contributed by atoms with Crippen molar-refractivity contribution in [2.75, 3.05) is 0 Å². The minimum absolute atomic E-state index is 0.104. The molecule has 0 heterocycles. The Kier molecular flexibility index (Phi) is 7.65. The lowest BCUT2D eigenvalue weighted by Crippen LogP contribution is -2.26. The first-order valence-corrected chi connectivity index (χ1v) is 13.6. The van der Waals surface area contributed by atoms with Gasteiger partial charge in [0.25, 0.3) is 0 Å². The van der Waals surface area contributed by atoms with E-state index in [1.807, 2.05) is 0 Å². The van der Waals surface area contributed by atoms with E-state index in [1.54, 1.807) is 0 Å². The molecule has 36 heavy (non-hydrogen) atoms. The molecule has 202 valence electrons. The summed E-state index contributed by atoms with van der Waals surface area (Å²) in [6.07, 6.45) is 0.930. The van der Waals surface area contributed by atoms with Crippen molar-refractivity contribution in [1.82, 2.24) is 0 Å². The third-order valence-electron chi connectivity index (χ3n) is 7.49. The summed E-state index contributed by atoms with van der Waals surface area (Å²) < 4.78 is 0. The van der Waals surface area contributed by atoms with Crippen molar-refractivity contribution >= 4 is 0 Å². The van der Waals surface area contributed by atoms with Gasteiger partial charge in [0.1, 0.15) is 11.5 Å². The van der Waals surface area contributed by atoms with Crippen LogP contribution in [0.3, 0.4) is 0 Å². The van der Waals surface area contributed by atoms with Gasteiger partial charge in [-0.1, -0.05) is 109 Å². The van der Waals surface area contributed by atoms with Crippen molar-refractivity contribution < 1.29 is 10.2 Å². The highest BCUT2D eigenvalue weighted by Crippen LogP contribution is 2.53. The smallest absolute Gasteiger partial charge is 0.127 e. The van der Waals surface area contributed by atoms with Crippen molar-refractivity contribution in [2.45, 2.75) is 139 Å². The lowest BCUT2D eigenvalue weighted by molar-refractivity contribution is 0.278. The van der Waals surface area contributed by atoms with Gasteiger partial charge in [-0.25, -0.2) is 0 Å². The Hall–Kier alpha value is -1.96. The third-order valence-corrected chi connectivity index (χ3v) is 7.49. The average molecular weight is 495 g/mol. The fourth-order valence-corrected chi connectivity index (χ4v) is 6.21. The summed E-state index contributed by atoms with van der Waals surface area (Å²) in [5.41, 5.74) is 7.33. The summed E-state index contributed by atoms with van der Waals surface area (Å²) in [5.74, 6) is 0.594.